The zero-order valence-electron chi connectivity index (χ0n) is 10.6. The van der Waals surface area contributed by atoms with Crippen molar-refractivity contribution in [1.29, 1.82) is 0 Å². The lowest BCUT2D eigenvalue weighted by Crippen LogP contribution is -2.34. The van der Waals surface area contributed by atoms with Gasteiger partial charge in [0.15, 0.2) is 6.66 Å². The van der Waals surface area contributed by atoms with E-state index in [1.807, 2.05) is 0 Å². The molecule has 9 nitrogen and oxygen atoms in total. The Bertz CT molecular complexity index is 790. The lowest BCUT2D eigenvalue weighted by Gasteiger charge is -2.02. The molecule has 0 aliphatic carbocycles. The fraction of sp³-hybridized carbons (Fsp3) is 0.200. The topological polar surface area (TPSA) is 135 Å². The van der Waals surface area contributed by atoms with E-state index < -0.39 is 24.1 Å². The zero-order chi connectivity index (χ0) is 15.4. The first-order valence-corrected chi connectivity index (χ1v) is 6.87. The van der Waals surface area contributed by atoms with E-state index in [1.54, 1.807) is 0 Å². The van der Waals surface area contributed by atoms with Crippen molar-refractivity contribution in [2.24, 2.45) is 7.05 Å². The SMILES string of the molecule is C[P+](=O)O.Cn1c(=O)c(=O)[nH]c2cc([N+](=O)[O-])ccc21. The summed E-state index contributed by atoms with van der Waals surface area (Å²) in [4.78, 5) is 42.3. The fourth-order valence-electron chi connectivity index (χ4n) is 1.47. The van der Waals surface area contributed by atoms with E-state index in [2.05, 4.69) is 4.98 Å². The summed E-state index contributed by atoms with van der Waals surface area (Å²) in [6.45, 7) is 1.23. The number of nitrogens with zero attached hydrogens (tertiary/aromatic N) is 2. The van der Waals surface area contributed by atoms with Crippen molar-refractivity contribution >= 4 is 24.7 Å². The monoisotopic (exact) mass is 300 g/mol. The third kappa shape index (κ3) is 3.56. The van der Waals surface area contributed by atoms with Crippen molar-refractivity contribution in [3.05, 3.63) is 49.0 Å². The molecule has 2 rings (SSSR count). The third-order valence-corrected chi connectivity index (χ3v) is 2.30. The number of H-pyrrole nitrogens is 1. The van der Waals surface area contributed by atoms with Gasteiger partial charge in [-0.25, -0.2) is 0 Å². The number of aryl methyl sites for hydroxylation is 1. The maximum absolute atomic E-state index is 11.3. The summed E-state index contributed by atoms with van der Waals surface area (Å²) in [7, 11) is -0.434. The Hall–Kier alpha value is -2.38. The smallest absolute Gasteiger partial charge is 0.316 e. The van der Waals surface area contributed by atoms with Gasteiger partial charge in [-0.2, -0.15) is 4.89 Å². The van der Waals surface area contributed by atoms with Gasteiger partial charge in [-0.3, -0.25) is 19.7 Å². The molecule has 2 N–H and O–H groups in total. The summed E-state index contributed by atoms with van der Waals surface area (Å²) in [6.07, 6.45) is 0. The van der Waals surface area contributed by atoms with Crippen LogP contribution in [0.15, 0.2) is 27.8 Å². The number of aromatic amines is 1. The predicted molar refractivity (Wildman–Crippen MR) is 72.2 cm³/mol. The van der Waals surface area contributed by atoms with Gasteiger partial charge in [0.05, 0.1) is 16.0 Å². The van der Waals surface area contributed by atoms with Crippen LogP contribution in [0.1, 0.15) is 0 Å². The molecule has 10 heteroatoms. The minimum atomic E-state index is -1.87. The molecule has 0 spiro atoms. The van der Waals surface area contributed by atoms with Gasteiger partial charge in [0.1, 0.15) is 0 Å². The van der Waals surface area contributed by atoms with E-state index >= 15 is 0 Å². The van der Waals surface area contributed by atoms with Gasteiger partial charge in [-0.15, -0.1) is 0 Å². The highest BCUT2D eigenvalue weighted by atomic mass is 31.1. The Kier molecular flexibility index (Phi) is 4.84. The highest BCUT2D eigenvalue weighted by Crippen LogP contribution is 2.16. The molecule has 106 valence electrons. The summed E-state index contributed by atoms with van der Waals surface area (Å²) in [5, 5.41) is 10.5. The number of benzene rings is 1. The summed E-state index contributed by atoms with van der Waals surface area (Å²) in [5.41, 5.74) is -0.921. The van der Waals surface area contributed by atoms with Crippen LogP contribution in [0.25, 0.3) is 11.0 Å². The van der Waals surface area contributed by atoms with E-state index in [1.165, 1.54) is 31.9 Å². The normalized spacial score (nSPS) is 10.7. The molecule has 1 aromatic heterocycles. The molecule has 0 saturated carbocycles. The number of rotatable bonds is 1. The molecule has 1 aromatic carbocycles. The van der Waals surface area contributed by atoms with E-state index in [0.29, 0.717) is 5.52 Å². The minimum Gasteiger partial charge on any atom is -0.316 e. The van der Waals surface area contributed by atoms with E-state index in [4.69, 9.17) is 9.46 Å². The molecule has 1 atom stereocenters. The first kappa shape index (κ1) is 15.7. The zero-order valence-corrected chi connectivity index (χ0v) is 11.5. The number of hydrogen-bond donors (Lipinski definition) is 2. The Balaban J connectivity index is 0.000000444. The van der Waals surface area contributed by atoms with Crippen LogP contribution in [0.5, 0.6) is 0 Å². The molecule has 1 unspecified atom stereocenters. The number of hydrogen-bond acceptors (Lipinski definition) is 5. The van der Waals surface area contributed by atoms with Crippen LogP contribution in [-0.2, 0) is 11.6 Å². The Labute approximate surface area is 112 Å². The number of nitrogens with one attached hydrogen (secondary N) is 1. The van der Waals surface area contributed by atoms with Crippen molar-refractivity contribution in [2.45, 2.75) is 0 Å². The summed E-state index contributed by atoms with van der Waals surface area (Å²) in [5.74, 6) is 0. The minimum absolute atomic E-state index is 0.137. The second kappa shape index (κ2) is 6.18. The van der Waals surface area contributed by atoms with Crippen molar-refractivity contribution in [3.8, 4) is 0 Å². The van der Waals surface area contributed by atoms with Crippen LogP contribution in [0.3, 0.4) is 0 Å². The Morgan fingerprint density at radius 1 is 1.40 bits per heavy atom. The van der Waals surface area contributed by atoms with E-state index in [9.17, 15) is 19.7 Å². The fourth-order valence-corrected chi connectivity index (χ4v) is 1.47. The molecular weight excluding hydrogens is 289 g/mol. The van der Waals surface area contributed by atoms with Gasteiger partial charge in [-0.1, -0.05) is 0 Å². The van der Waals surface area contributed by atoms with E-state index in [-0.39, 0.29) is 11.2 Å². The van der Waals surface area contributed by atoms with Crippen LogP contribution in [-0.4, -0.2) is 26.0 Å². The first-order chi connectivity index (χ1) is 9.23. The van der Waals surface area contributed by atoms with Crippen LogP contribution in [0, 0.1) is 10.1 Å². The average Bonchev–Trinajstić information content (AvgIpc) is 2.34. The van der Waals surface area contributed by atoms with Gasteiger partial charge in [-0.05, 0) is 10.6 Å². The van der Waals surface area contributed by atoms with E-state index in [0.717, 1.165) is 4.57 Å². The van der Waals surface area contributed by atoms with Crippen LogP contribution < -0.4 is 11.1 Å². The van der Waals surface area contributed by atoms with Gasteiger partial charge < -0.3 is 9.55 Å². The summed E-state index contributed by atoms with van der Waals surface area (Å²) in [6, 6.07) is 3.92. The first-order valence-electron chi connectivity index (χ1n) is 5.21. The number of nitro groups is 1. The van der Waals surface area contributed by atoms with Crippen molar-refractivity contribution in [2.75, 3.05) is 6.66 Å². The van der Waals surface area contributed by atoms with Crippen molar-refractivity contribution in [3.63, 3.8) is 0 Å². The molecule has 20 heavy (non-hydrogen) atoms. The number of fused-ring (bicyclic) bond motifs is 1. The molecule has 0 amide bonds. The Morgan fingerprint density at radius 2 is 1.95 bits per heavy atom. The van der Waals surface area contributed by atoms with Gasteiger partial charge in [0, 0.05) is 19.2 Å². The molecule has 1 heterocycles. The van der Waals surface area contributed by atoms with Crippen molar-refractivity contribution in [1.82, 2.24) is 9.55 Å². The number of nitro benzene ring substituents is 1. The van der Waals surface area contributed by atoms with Gasteiger partial charge in [0.2, 0.25) is 0 Å². The Morgan fingerprint density at radius 3 is 2.45 bits per heavy atom. The van der Waals surface area contributed by atoms with Gasteiger partial charge >= 0.3 is 19.1 Å². The second-order valence-electron chi connectivity index (χ2n) is 3.74. The molecule has 2 aromatic rings. The van der Waals surface area contributed by atoms with Gasteiger partial charge in [0.25, 0.3) is 5.69 Å². The van der Waals surface area contributed by atoms with Crippen LogP contribution >= 0.6 is 8.03 Å². The maximum Gasteiger partial charge on any atom is 0.502 e. The maximum atomic E-state index is 11.3. The molecule has 0 saturated heterocycles. The molecular formula is C10H11N3O6P+. The lowest BCUT2D eigenvalue weighted by atomic mass is 10.2. The lowest BCUT2D eigenvalue weighted by molar-refractivity contribution is -0.384. The summed E-state index contributed by atoms with van der Waals surface area (Å²) >= 11 is 0. The third-order valence-electron chi connectivity index (χ3n) is 2.30. The number of non-ortho nitro benzene ring substituents is 1. The number of aromatic nitrogens is 2. The van der Waals surface area contributed by atoms with Crippen molar-refractivity contribution < 1.29 is 14.4 Å². The predicted octanol–water partition coefficient (Wildman–Crippen LogP) is 0.486. The second-order valence-corrected chi connectivity index (χ2v) is 4.67. The molecule has 0 aliphatic heterocycles. The molecule has 0 aliphatic rings. The molecule has 0 bridgehead atoms. The quantitative estimate of drug-likeness (QED) is 0.340. The average molecular weight is 300 g/mol. The standard InChI is InChI=1S/C9H7N3O4.CH3O2P/c1-11-7-3-2-5(12(15)16)4-6(7)10-8(13)9(11)14;1-4(2)3/h2-4H,1H3,(H,10,13);1H3/p+1. The molecule has 0 radical (unpaired) electrons. The highest BCUT2D eigenvalue weighted by Gasteiger charge is 2.09. The van der Waals surface area contributed by atoms with Crippen LogP contribution in [0.4, 0.5) is 5.69 Å². The summed E-state index contributed by atoms with van der Waals surface area (Å²) < 4.78 is 10.3. The van der Waals surface area contributed by atoms with Crippen LogP contribution in [0.2, 0.25) is 0 Å². The highest BCUT2D eigenvalue weighted by molar-refractivity contribution is 7.36. The molecule has 0 fully saturated rings. The largest absolute Gasteiger partial charge is 0.502 e.